The van der Waals surface area contributed by atoms with Gasteiger partial charge in [-0.2, -0.15) is 0 Å². The van der Waals surface area contributed by atoms with Crippen LogP contribution in [0.15, 0.2) is 0 Å². The third-order valence-corrected chi connectivity index (χ3v) is 2.36. The van der Waals surface area contributed by atoms with Gasteiger partial charge in [-0.3, -0.25) is 4.90 Å². The number of halogens is 1. The molecule has 0 spiro atoms. The maximum atomic E-state index is 3.31. The van der Waals surface area contributed by atoms with E-state index in [2.05, 4.69) is 31.1 Å². The fourth-order valence-corrected chi connectivity index (χ4v) is 1.49. The normalized spacial score (nSPS) is 25.6. The molecule has 0 amide bonds. The van der Waals surface area contributed by atoms with Gasteiger partial charge in [0.25, 0.3) is 0 Å². The SMILES string of the molecule is CNC1CCN(C(C)C)C1.Cl. The predicted octanol–water partition coefficient (Wildman–Crippen LogP) is 1.11. The Bertz CT molecular complexity index is 106. The van der Waals surface area contributed by atoms with Crippen molar-refractivity contribution in [1.29, 1.82) is 0 Å². The van der Waals surface area contributed by atoms with Gasteiger partial charge < -0.3 is 5.32 Å². The van der Waals surface area contributed by atoms with Gasteiger partial charge in [-0.25, -0.2) is 0 Å². The largest absolute Gasteiger partial charge is 0.316 e. The van der Waals surface area contributed by atoms with E-state index in [-0.39, 0.29) is 12.4 Å². The molecule has 0 aromatic heterocycles. The monoisotopic (exact) mass is 178 g/mol. The molecule has 0 aromatic rings. The molecule has 3 heteroatoms. The second-order valence-electron chi connectivity index (χ2n) is 3.36. The number of hydrogen-bond acceptors (Lipinski definition) is 2. The summed E-state index contributed by atoms with van der Waals surface area (Å²) in [6.45, 7) is 7.02. The van der Waals surface area contributed by atoms with Crippen LogP contribution >= 0.6 is 12.4 Å². The molecule has 1 aliphatic rings. The van der Waals surface area contributed by atoms with Crippen LogP contribution in [0.2, 0.25) is 0 Å². The molecule has 1 aliphatic heterocycles. The lowest BCUT2D eigenvalue weighted by molar-refractivity contribution is 0.269. The van der Waals surface area contributed by atoms with Crippen molar-refractivity contribution in [2.75, 3.05) is 20.1 Å². The van der Waals surface area contributed by atoms with Crippen LogP contribution in [0.5, 0.6) is 0 Å². The molecule has 1 rings (SSSR count). The van der Waals surface area contributed by atoms with Gasteiger partial charge in [-0.05, 0) is 33.9 Å². The molecule has 68 valence electrons. The van der Waals surface area contributed by atoms with Crippen molar-refractivity contribution in [3.05, 3.63) is 0 Å². The molecule has 0 saturated carbocycles. The van der Waals surface area contributed by atoms with E-state index in [1.54, 1.807) is 0 Å². The zero-order valence-electron chi connectivity index (χ0n) is 7.63. The summed E-state index contributed by atoms with van der Waals surface area (Å²) in [7, 11) is 2.05. The lowest BCUT2D eigenvalue weighted by Crippen LogP contribution is -2.33. The smallest absolute Gasteiger partial charge is 0.0204 e. The fraction of sp³-hybridized carbons (Fsp3) is 1.00. The minimum absolute atomic E-state index is 0. The summed E-state index contributed by atoms with van der Waals surface area (Å²) >= 11 is 0. The van der Waals surface area contributed by atoms with Crippen molar-refractivity contribution in [2.24, 2.45) is 0 Å². The summed E-state index contributed by atoms with van der Waals surface area (Å²) in [6.07, 6.45) is 1.31. The van der Waals surface area contributed by atoms with Crippen LogP contribution in [0.1, 0.15) is 20.3 Å². The minimum Gasteiger partial charge on any atom is -0.316 e. The molecule has 0 bridgehead atoms. The predicted molar refractivity (Wildman–Crippen MR) is 51.4 cm³/mol. The van der Waals surface area contributed by atoms with Crippen molar-refractivity contribution in [1.82, 2.24) is 10.2 Å². The zero-order valence-corrected chi connectivity index (χ0v) is 8.45. The second-order valence-corrected chi connectivity index (χ2v) is 3.36. The number of nitrogens with one attached hydrogen (secondary N) is 1. The summed E-state index contributed by atoms with van der Waals surface area (Å²) in [5.41, 5.74) is 0. The number of nitrogens with zero attached hydrogens (tertiary/aromatic N) is 1. The van der Waals surface area contributed by atoms with E-state index in [4.69, 9.17) is 0 Å². The van der Waals surface area contributed by atoms with Gasteiger partial charge in [-0.15, -0.1) is 12.4 Å². The molecule has 1 atom stereocenters. The highest BCUT2D eigenvalue weighted by atomic mass is 35.5. The number of hydrogen-bond donors (Lipinski definition) is 1. The standard InChI is InChI=1S/C8H18N2.ClH/c1-7(2)10-5-4-8(6-10)9-3;/h7-9H,4-6H2,1-3H3;1H. The first kappa shape index (κ1) is 11.2. The van der Waals surface area contributed by atoms with Crippen LogP contribution in [-0.2, 0) is 0 Å². The molecule has 1 fully saturated rings. The highest BCUT2D eigenvalue weighted by Gasteiger charge is 2.21. The van der Waals surface area contributed by atoms with Gasteiger partial charge in [0.15, 0.2) is 0 Å². The van der Waals surface area contributed by atoms with E-state index in [1.165, 1.54) is 19.5 Å². The Morgan fingerprint density at radius 2 is 2.09 bits per heavy atom. The molecular weight excluding hydrogens is 160 g/mol. The maximum absolute atomic E-state index is 3.31. The molecule has 2 nitrogen and oxygen atoms in total. The molecular formula is C8H19ClN2. The summed E-state index contributed by atoms with van der Waals surface area (Å²) < 4.78 is 0. The van der Waals surface area contributed by atoms with Gasteiger partial charge in [0, 0.05) is 18.6 Å². The van der Waals surface area contributed by atoms with E-state index in [0.717, 1.165) is 12.1 Å². The Morgan fingerprint density at radius 3 is 2.36 bits per heavy atom. The van der Waals surface area contributed by atoms with Crippen LogP contribution in [0.4, 0.5) is 0 Å². The number of likely N-dealkylation sites (tertiary alicyclic amines) is 1. The molecule has 0 radical (unpaired) electrons. The van der Waals surface area contributed by atoms with Gasteiger partial charge in [0.05, 0.1) is 0 Å². The lowest BCUT2D eigenvalue weighted by Gasteiger charge is -2.19. The van der Waals surface area contributed by atoms with Crippen molar-refractivity contribution >= 4 is 12.4 Å². The van der Waals surface area contributed by atoms with Crippen molar-refractivity contribution in [3.63, 3.8) is 0 Å². The zero-order chi connectivity index (χ0) is 7.56. The average molecular weight is 179 g/mol. The fourth-order valence-electron chi connectivity index (χ4n) is 1.49. The molecule has 1 saturated heterocycles. The molecule has 11 heavy (non-hydrogen) atoms. The van der Waals surface area contributed by atoms with E-state index in [1.807, 2.05) is 0 Å². The summed E-state index contributed by atoms with van der Waals surface area (Å²) in [5, 5.41) is 3.31. The van der Waals surface area contributed by atoms with Gasteiger partial charge >= 0.3 is 0 Å². The van der Waals surface area contributed by atoms with Crippen LogP contribution in [0.3, 0.4) is 0 Å². The van der Waals surface area contributed by atoms with Crippen molar-refractivity contribution in [2.45, 2.75) is 32.4 Å². The summed E-state index contributed by atoms with van der Waals surface area (Å²) in [5.74, 6) is 0. The molecule has 1 N–H and O–H groups in total. The molecule has 1 heterocycles. The minimum atomic E-state index is 0. The van der Waals surface area contributed by atoms with E-state index in [0.29, 0.717) is 0 Å². The summed E-state index contributed by atoms with van der Waals surface area (Å²) in [4.78, 5) is 2.52. The molecule has 1 unspecified atom stereocenters. The first-order chi connectivity index (χ1) is 4.74. The van der Waals surface area contributed by atoms with Crippen LogP contribution in [0, 0.1) is 0 Å². The van der Waals surface area contributed by atoms with E-state index < -0.39 is 0 Å². The third kappa shape index (κ3) is 2.97. The third-order valence-electron chi connectivity index (χ3n) is 2.36. The quantitative estimate of drug-likeness (QED) is 0.682. The Hall–Kier alpha value is 0.210. The molecule has 0 aromatic carbocycles. The average Bonchev–Trinajstić information content (AvgIpc) is 2.34. The second kappa shape index (κ2) is 4.96. The van der Waals surface area contributed by atoms with Gasteiger partial charge in [0.2, 0.25) is 0 Å². The van der Waals surface area contributed by atoms with Gasteiger partial charge in [0.1, 0.15) is 0 Å². The van der Waals surface area contributed by atoms with Crippen LogP contribution < -0.4 is 5.32 Å². The Morgan fingerprint density at radius 1 is 1.45 bits per heavy atom. The molecule has 0 aliphatic carbocycles. The van der Waals surface area contributed by atoms with Gasteiger partial charge in [-0.1, -0.05) is 0 Å². The highest BCUT2D eigenvalue weighted by Crippen LogP contribution is 2.11. The Labute approximate surface area is 75.8 Å². The number of rotatable bonds is 2. The topological polar surface area (TPSA) is 15.3 Å². The first-order valence-electron chi connectivity index (χ1n) is 4.15. The lowest BCUT2D eigenvalue weighted by atomic mass is 10.3. The van der Waals surface area contributed by atoms with E-state index in [9.17, 15) is 0 Å². The number of likely N-dealkylation sites (N-methyl/N-ethyl adjacent to an activating group) is 1. The van der Waals surface area contributed by atoms with Crippen LogP contribution in [0.25, 0.3) is 0 Å². The highest BCUT2D eigenvalue weighted by molar-refractivity contribution is 5.85. The van der Waals surface area contributed by atoms with Crippen molar-refractivity contribution in [3.8, 4) is 0 Å². The Kier molecular flexibility index (Phi) is 5.06. The maximum Gasteiger partial charge on any atom is 0.0204 e. The Balaban J connectivity index is 0.000001000. The van der Waals surface area contributed by atoms with Crippen molar-refractivity contribution < 1.29 is 0 Å². The van der Waals surface area contributed by atoms with E-state index >= 15 is 0 Å². The first-order valence-corrected chi connectivity index (χ1v) is 4.15. The summed E-state index contributed by atoms with van der Waals surface area (Å²) in [6, 6.07) is 1.46. The van der Waals surface area contributed by atoms with Crippen LogP contribution in [-0.4, -0.2) is 37.1 Å².